The van der Waals surface area contributed by atoms with Crippen molar-refractivity contribution in [1.29, 1.82) is 0 Å². The molecule has 0 aliphatic heterocycles. The number of nitrogens with zero attached hydrogens (tertiary/aromatic N) is 1. The molecule has 2 N–H and O–H groups in total. The maximum atomic E-state index is 11.4. The van der Waals surface area contributed by atoms with E-state index in [0.717, 1.165) is 22.4 Å². The quantitative estimate of drug-likeness (QED) is 0.144. The molecule has 0 atom stereocenters. The van der Waals surface area contributed by atoms with Gasteiger partial charge in [-0.2, -0.15) is 39.0 Å². The van der Waals surface area contributed by atoms with Crippen molar-refractivity contribution in [2.45, 2.75) is 24.7 Å². The van der Waals surface area contributed by atoms with Crippen molar-refractivity contribution in [2.75, 3.05) is 7.11 Å². The predicted molar refractivity (Wildman–Crippen MR) is 102 cm³/mol. The molecule has 1 aromatic heterocycles. The number of allylic oxidation sites excluding steroid dienone is 2. The van der Waals surface area contributed by atoms with Crippen LogP contribution in [-0.4, -0.2) is 40.4 Å². The zero-order valence-corrected chi connectivity index (χ0v) is 19.4. The summed E-state index contributed by atoms with van der Waals surface area (Å²) in [6, 6.07) is 10.5. The van der Waals surface area contributed by atoms with Crippen molar-refractivity contribution < 1.29 is 66.2 Å². The number of ketones is 1. The number of thiol groups is 1. The van der Waals surface area contributed by atoms with Crippen LogP contribution in [0.3, 0.4) is 0 Å². The smallest absolute Gasteiger partial charge is 0.454 e. The number of benzene rings is 1. The summed E-state index contributed by atoms with van der Waals surface area (Å²) < 4.78 is 73.2. The Labute approximate surface area is 197 Å². The van der Waals surface area contributed by atoms with E-state index in [4.69, 9.17) is 9.84 Å². The molecule has 179 valence electrons. The second-order valence-corrected chi connectivity index (χ2v) is 6.01. The minimum atomic E-state index is -5.42. The summed E-state index contributed by atoms with van der Waals surface area (Å²) in [6.45, 7) is -0.0736. The Morgan fingerprint density at radius 1 is 1.22 bits per heavy atom. The van der Waals surface area contributed by atoms with Crippen LogP contribution in [-0.2, 0) is 37.3 Å². The fourth-order valence-corrected chi connectivity index (χ4v) is 2.20. The molecule has 0 saturated heterocycles. The van der Waals surface area contributed by atoms with Gasteiger partial charge in [0.25, 0.3) is 5.78 Å². The van der Waals surface area contributed by atoms with E-state index in [2.05, 4.69) is 23.7 Å². The molecular weight excluding hydrogens is 644 g/mol. The molecule has 32 heavy (non-hydrogen) atoms. The van der Waals surface area contributed by atoms with E-state index in [1.54, 1.807) is 25.4 Å². The molecule has 0 aliphatic carbocycles. The molecule has 0 saturated carbocycles. The van der Waals surface area contributed by atoms with E-state index >= 15 is 0 Å². The van der Waals surface area contributed by atoms with Gasteiger partial charge in [-0.25, -0.2) is 0 Å². The monoisotopic (exact) mass is 661 g/mol. The van der Waals surface area contributed by atoms with Gasteiger partial charge in [0.2, 0.25) is 5.76 Å². The number of rotatable bonds is 5. The Balaban J connectivity index is 0.000000617. The predicted octanol–water partition coefficient (Wildman–Crippen LogP) is 4.60. The first-order valence-electron chi connectivity index (χ1n) is 8.18. The van der Waals surface area contributed by atoms with Crippen LogP contribution in [0.1, 0.15) is 11.1 Å². The summed E-state index contributed by atoms with van der Waals surface area (Å²) in [4.78, 5) is 14.2. The van der Waals surface area contributed by atoms with Crippen molar-refractivity contribution in [2.24, 2.45) is 0 Å². The molecule has 1 heterocycles. The van der Waals surface area contributed by atoms with Crippen molar-refractivity contribution in [1.82, 2.24) is 4.98 Å². The molecule has 13 heteroatoms. The topological polar surface area (TPSA) is 79.7 Å². The van der Waals surface area contributed by atoms with Gasteiger partial charge in [0.05, 0.1) is 7.11 Å². The Morgan fingerprint density at radius 3 is 2.31 bits per heavy atom. The number of halogens is 6. The average molecular weight is 661 g/mol. The number of alkyl halides is 6. The van der Waals surface area contributed by atoms with Crippen LogP contribution in [0.5, 0.6) is 5.75 Å². The standard InChI is InChI=1S/C14H14NO2S.C5H2F6O2.Ir/c1-17-12-2-3-13(11(7-12)8-16)14-6-10(9-18)4-5-15-14;6-4(7,8)2(12)1-3(13)5(9,10)11;/h2,4-7,16,18H,8-9H2,1H3;1,12H;/q-1;;/b;2-1-;. The van der Waals surface area contributed by atoms with Crippen molar-refractivity contribution in [3.63, 3.8) is 0 Å². The molecule has 0 bridgehead atoms. The Bertz CT molecular complexity index is 935. The number of pyridine rings is 1. The van der Waals surface area contributed by atoms with E-state index in [-0.39, 0.29) is 26.7 Å². The van der Waals surface area contributed by atoms with E-state index in [9.17, 15) is 36.2 Å². The van der Waals surface area contributed by atoms with Crippen LogP contribution in [0.15, 0.2) is 42.3 Å². The first kappa shape index (κ1) is 29.9. The van der Waals surface area contributed by atoms with E-state index in [0.29, 0.717) is 11.5 Å². The van der Waals surface area contributed by atoms with Crippen LogP contribution < -0.4 is 4.74 Å². The molecule has 0 spiro atoms. The number of ether oxygens (including phenoxy) is 1. The zero-order chi connectivity index (χ0) is 23.8. The fourth-order valence-electron chi connectivity index (χ4n) is 2.00. The van der Waals surface area contributed by atoms with Gasteiger partial charge in [0.15, 0.2) is 0 Å². The molecule has 0 unspecified atom stereocenters. The van der Waals surface area contributed by atoms with Crippen molar-refractivity contribution in [3.05, 3.63) is 59.5 Å². The van der Waals surface area contributed by atoms with Gasteiger partial charge in [-0.15, -0.1) is 17.7 Å². The Morgan fingerprint density at radius 2 is 1.84 bits per heavy atom. The first-order valence-corrected chi connectivity index (χ1v) is 8.81. The van der Waals surface area contributed by atoms with Gasteiger partial charge < -0.3 is 19.9 Å². The number of aromatic nitrogens is 1. The average Bonchev–Trinajstić information content (AvgIpc) is 2.72. The number of carbonyl (C=O) groups excluding carboxylic acids is 1. The summed E-state index contributed by atoms with van der Waals surface area (Å²) in [5.74, 6) is -4.01. The Kier molecular flexibility index (Phi) is 12.0. The van der Waals surface area contributed by atoms with Crippen molar-refractivity contribution in [3.8, 4) is 17.0 Å². The summed E-state index contributed by atoms with van der Waals surface area (Å²) in [7, 11) is 1.59. The number of hydrogen-bond acceptors (Lipinski definition) is 6. The Hall–Kier alpha value is -2.08. The molecule has 1 aromatic carbocycles. The summed E-state index contributed by atoms with van der Waals surface area (Å²) in [6.07, 6.45) is -9.94. The number of carbonyl (C=O) groups is 1. The molecule has 2 rings (SSSR count). The normalized spacial score (nSPS) is 11.7. The van der Waals surface area contributed by atoms with Gasteiger partial charge in [0, 0.05) is 50.5 Å². The number of methoxy groups -OCH3 is 1. The molecule has 1 radical (unpaired) electrons. The number of aliphatic hydroxyl groups is 2. The molecule has 0 fully saturated rings. The molecule has 2 aromatic rings. The fraction of sp³-hybridized carbons (Fsp3) is 0.263. The van der Waals surface area contributed by atoms with Crippen LogP contribution in [0.25, 0.3) is 11.3 Å². The number of hydrogen-bond donors (Lipinski definition) is 3. The summed E-state index contributed by atoms with van der Waals surface area (Å²) >= 11 is 4.24. The van der Waals surface area contributed by atoms with E-state index in [1.807, 2.05) is 12.1 Å². The SMILES string of the molecule is COc1c[c-]c(-c2cc(CS)ccn2)c(CO)c1.O=C(/C=C(\O)C(F)(F)F)C(F)(F)F.[Ir]. The minimum Gasteiger partial charge on any atom is -0.540 e. The van der Waals surface area contributed by atoms with Crippen LogP contribution in [0.2, 0.25) is 0 Å². The minimum absolute atomic E-state index is 0. The summed E-state index contributed by atoms with van der Waals surface area (Å²) in [5, 5.41) is 17.3. The molecule has 0 aliphatic rings. The van der Waals surface area contributed by atoms with Gasteiger partial charge in [-0.3, -0.25) is 4.79 Å². The zero-order valence-electron chi connectivity index (χ0n) is 16.1. The summed E-state index contributed by atoms with van der Waals surface area (Å²) in [5.41, 5.74) is 3.41. The maximum absolute atomic E-state index is 11.4. The first-order chi connectivity index (χ1) is 14.3. The third kappa shape index (κ3) is 9.19. The molecular formula is C19H16F6IrNO4S-. The van der Waals surface area contributed by atoms with E-state index in [1.165, 1.54) is 0 Å². The van der Waals surface area contributed by atoms with Crippen LogP contribution in [0, 0.1) is 6.07 Å². The van der Waals surface area contributed by atoms with Crippen LogP contribution >= 0.6 is 12.6 Å². The second-order valence-electron chi connectivity index (χ2n) is 5.69. The van der Waals surface area contributed by atoms with Gasteiger partial charge in [-0.1, -0.05) is 17.7 Å². The van der Waals surface area contributed by atoms with Crippen LogP contribution in [0.4, 0.5) is 26.3 Å². The van der Waals surface area contributed by atoms with E-state index < -0.39 is 30.0 Å². The molecule has 5 nitrogen and oxygen atoms in total. The third-order valence-corrected chi connectivity index (χ3v) is 3.87. The third-order valence-electron chi connectivity index (χ3n) is 3.50. The largest absolute Gasteiger partial charge is 0.540 e. The van der Waals surface area contributed by atoms with Gasteiger partial charge >= 0.3 is 12.4 Å². The maximum Gasteiger partial charge on any atom is 0.454 e. The van der Waals surface area contributed by atoms with Gasteiger partial charge in [0.1, 0.15) is 0 Å². The second kappa shape index (κ2) is 12.8. The van der Waals surface area contributed by atoms with Crippen molar-refractivity contribution >= 4 is 18.4 Å². The number of aliphatic hydroxyl groups excluding tert-OH is 2. The molecule has 0 amide bonds. The van der Waals surface area contributed by atoms with Gasteiger partial charge in [-0.05, 0) is 17.3 Å².